The van der Waals surface area contributed by atoms with Crippen LogP contribution in [0.15, 0.2) is 24.4 Å². The number of halogens is 4. The van der Waals surface area contributed by atoms with E-state index >= 15 is 0 Å². The van der Waals surface area contributed by atoms with Crippen LogP contribution in [0, 0.1) is 18.6 Å². The maximum absolute atomic E-state index is 14.8. The molecule has 1 aromatic carbocycles. The molecule has 9 nitrogen and oxygen atoms in total. The van der Waals surface area contributed by atoms with Crippen LogP contribution in [0.4, 0.5) is 29.2 Å². The van der Waals surface area contributed by atoms with E-state index in [1.165, 1.54) is 31.4 Å². The molecule has 0 amide bonds. The van der Waals surface area contributed by atoms with Crippen LogP contribution in [0.1, 0.15) is 25.3 Å². The lowest BCUT2D eigenvalue weighted by molar-refractivity contribution is -0.0244. The molecule has 1 aliphatic rings. The summed E-state index contributed by atoms with van der Waals surface area (Å²) in [5.74, 6) is -6.16. The zero-order chi connectivity index (χ0) is 27.0. The molecule has 37 heavy (non-hydrogen) atoms. The van der Waals surface area contributed by atoms with E-state index in [2.05, 4.69) is 25.6 Å². The van der Waals surface area contributed by atoms with Crippen molar-refractivity contribution in [3.8, 4) is 22.2 Å². The maximum atomic E-state index is 14.8. The summed E-state index contributed by atoms with van der Waals surface area (Å²) < 4.78 is 88.5. The number of piperidine rings is 1. The average Bonchev–Trinajstić information content (AvgIpc) is 3.18. The molecule has 1 atom stereocenters. The lowest BCUT2D eigenvalue weighted by atomic mass is 10.0. The second kappa shape index (κ2) is 10.4. The Kier molecular flexibility index (Phi) is 7.57. The number of hydrogen-bond acceptors (Lipinski definition) is 9. The van der Waals surface area contributed by atoms with E-state index in [4.69, 9.17) is 4.74 Å². The van der Waals surface area contributed by atoms with E-state index in [-0.39, 0.29) is 18.2 Å². The van der Waals surface area contributed by atoms with Crippen molar-refractivity contribution in [2.45, 2.75) is 44.4 Å². The number of hydrogen-bond donors (Lipinski definition) is 3. The molecule has 0 aliphatic carbocycles. The molecule has 1 aliphatic heterocycles. The van der Waals surface area contributed by atoms with Crippen molar-refractivity contribution >= 4 is 33.0 Å². The lowest BCUT2D eigenvalue weighted by Crippen LogP contribution is -2.49. The molecular formula is C22H24F4N6O3S2. The van der Waals surface area contributed by atoms with Gasteiger partial charge >= 0.3 is 0 Å². The monoisotopic (exact) mass is 560 g/mol. The molecule has 200 valence electrons. The van der Waals surface area contributed by atoms with Gasteiger partial charge in [0.15, 0.2) is 11.6 Å². The molecule has 2 aromatic heterocycles. The van der Waals surface area contributed by atoms with Crippen LogP contribution in [0.2, 0.25) is 0 Å². The summed E-state index contributed by atoms with van der Waals surface area (Å²) in [6, 6.07) is 3.08. The molecule has 1 fully saturated rings. The molecule has 0 unspecified atom stereocenters. The molecule has 15 heteroatoms. The summed E-state index contributed by atoms with van der Waals surface area (Å²) in [4.78, 5) is 13.1. The Morgan fingerprint density at radius 3 is 2.65 bits per heavy atom. The largest absolute Gasteiger partial charge is 0.434 e. The van der Waals surface area contributed by atoms with Crippen molar-refractivity contribution in [1.82, 2.24) is 20.3 Å². The van der Waals surface area contributed by atoms with E-state index in [9.17, 15) is 26.0 Å². The average molecular weight is 561 g/mol. The molecule has 3 aromatic rings. The molecule has 3 heterocycles. The minimum atomic E-state index is -3.90. The van der Waals surface area contributed by atoms with E-state index < -0.39 is 56.9 Å². The van der Waals surface area contributed by atoms with E-state index in [1.54, 1.807) is 13.0 Å². The first kappa shape index (κ1) is 27.0. The van der Waals surface area contributed by atoms with Gasteiger partial charge in [-0.15, -0.1) is 11.3 Å². The van der Waals surface area contributed by atoms with Gasteiger partial charge in [0.2, 0.25) is 27.7 Å². The summed E-state index contributed by atoms with van der Waals surface area (Å²) >= 11 is 1.17. The van der Waals surface area contributed by atoms with Gasteiger partial charge in [-0.2, -0.15) is 4.39 Å². The number of sulfonamides is 1. The molecule has 1 saturated heterocycles. The second-order valence-corrected chi connectivity index (χ2v) is 12.1. The Bertz CT molecular complexity index is 1400. The molecule has 0 saturated carbocycles. The van der Waals surface area contributed by atoms with Crippen LogP contribution in [0.3, 0.4) is 0 Å². The number of thiazole rings is 1. The molecule has 0 bridgehead atoms. The zero-order valence-corrected chi connectivity index (χ0v) is 21.6. The summed E-state index contributed by atoms with van der Waals surface area (Å²) in [5, 5.41) is 5.23. The van der Waals surface area contributed by atoms with Gasteiger partial charge in [0.25, 0.3) is 5.92 Å². The predicted octanol–water partition coefficient (Wildman–Crippen LogP) is 4.54. The first-order valence-electron chi connectivity index (χ1n) is 11.2. The number of rotatable bonds is 8. The number of aromatic nitrogens is 3. The van der Waals surface area contributed by atoms with E-state index in [0.29, 0.717) is 22.1 Å². The maximum Gasteiger partial charge on any atom is 0.262 e. The third kappa shape index (κ3) is 6.27. The number of alkyl halides is 2. The quantitative estimate of drug-likeness (QED) is 0.344. The zero-order valence-electron chi connectivity index (χ0n) is 20.0. The van der Waals surface area contributed by atoms with Gasteiger partial charge in [-0.05, 0) is 39.0 Å². The van der Waals surface area contributed by atoms with Crippen molar-refractivity contribution in [3.63, 3.8) is 0 Å². The fourth-order valence-corrected chi connectivity index (χ4v) is 4.99. The van der Waals surface area contributed by atoms with Gasteiger partial charge in [0.05, 0.1) is 28.2 Å². The van der Waals surface area contributed by atoms with Crippen molar-refractivity contribution in [2.24, 2.45) is 0 Å². The Morgan fingerprint density at radius 2 is 1.95 bits per heavy atom. The third-order valence-corrected chi connectivity index (χ3v) is 8.09. The standard InChI is InChI=1S/C22H24F4N6O3S2/c1-11(2)37(33,34)32-14-4-5-16(18(24)17(14)23)35-20-19(36-12(3)29-20)15-6-7-28-21(31-15)30-13-8-22(25,26)10-27-9-13/h4-7,11,13,27,32H,8-10H2,1-3H3,(H,28,30,31)/t13-/m0/s1. The van der Waals surface area contributed by atoms with Crippen molar-refractivity contribution in [3.05, 3.63) is 41.0 Å². The topological polar surface area (TPSA) is 118 Å². The number of nitrogens with one attached hydrogen (secondary N) is 3. The Balaban J connectivity index is 1.58. The predicted molar refractivity (Wildman–Crippen MR) is 132 cm³/mol. The summed E-state index contributed by atoms with van der Waals surface area (Å²) in [6.07, 6.45) is 1.05. The summed E-state index contributed by atoms with van der Waals surface area (Å²) in [5.41, 5.74) is -0.224. The van der Waals surface area contributed by atoms with Crippen LogP contribution < -0.4 is 20.1 Å². The molecular weight excluding hydrogens is 536 g/mol. The molecule has 0 radical (unpaired) electrons. The number of nitrogens with zero attached hydrogens (tertiary/aromatic N) is 3. The first-order chi connectivity index (χ1) is 17.3. The summed E-state index contributed by atoms with van der Waals surface area (Å²) in [7, 11) is -3.90. The van der Waals surface area contributed by atoms with Gasteiger partial charge in [-0.25, -0.2) is 36.5 Å². The normalized spacial score (nSPS) is 17.6. The highest BCUT2D eigenvalue weighted by molar-refractivity contribution is 7.93. The van der Waals surface area contributed by atoms with Gasteiger partial charge in [-0.1, -0.05) is 0 Å². The third-order valence-electron chi connectivity index (χ3n) is 5.37. The van der Waals surface area contributed by atoms with Crippen LogP contribution in [-0.4, -0.2) is 53.7 Å². The Labute approximate surface area is 214 Å². The number of benzene rings is 1. The summed E-state index contributed by atoms with van der Waals surface area (Å²) in [6.45, 7) is 4.39. The molecule has 0 spiro atoms. The van der Waals surface area contributed by atoms with Gasteiger partial charge in [0, 0.05) is 25.2 Å². The fraction of sp³-hybridized carbons (Fsp3) is 0.409. The Morgan fingerprint density at radius 1 is 1.19 bits per heavy atom. The first-order valence-corrected chi connectivity index (χ1v) is 13.5. The number of aryl methyl sites for hydroxylation is 1. The number of anilines is 2. The Hall–Kier alpha value is -3.04. The number of ether oxygens (including phenoxy) is 1. The molecule has 3 N–H and O–H groups in total. The minimum Gasteiger partial charge on any atom is -0.434 e. The van der Waals surface area contributed by atoms with Crippen molar-refractivity contribution in [2.75, 3.05) is 23.1 Å². The lowest BCUT2D eigenvalue weighted by Gasteiger charge is -2.30. The van der Waals surface area contributed by atoms with Gasteiger partial charge in [-0.3, -0.25) is 4.72 Å². The van der Waals surface area contributed by atoms with Crippen LogP contribution >= 0.6 is 11.3 Å². The van der Waals surface area contributed by atoms with Gasteiger partial charge in [0.1, 0.15) is 4.88 Å². The van der Waals surface area contributed by atoms with Crippen molar-refractivity contribution < 1.29 is 30.7 Å². The highest BCUT2D eigenvalue weighted by Gasteiger charge is 2.36. The molecule has 4 rings (SSSR count). The minimum absolute atomic E-state index is 0.0631. The SMILES string of the molecule is Cc1nc(Oc2ccc(NS(=O)(=O)C(C)C)c(F)c2F)c(-c2ccnc(N[C@@H]3CNCC(F)(F)C3)n2)s1. The van der Waals surface area contributed by atoms with Crippen molar-refractivity contribution in [1.29, 1.82) is 0 Å². The van der Waals surface area contributed by atoms with E-state index in [0.717, 1.165) is 12.1 Å². The highest BCUT2D eigenvalue weighted by atomic mass is 32.2. The van der Waals surface area contributed by atoms with Crippen LogP contribution in [0.5, 0.6) is 11.6 Å². The highest BCUT2D eigenvalue weighted by Crippen LogP contribution is 2.39. The van der Waals surface area contributed by atoms with E-state index in [1.807, 2.05) is 4.72 Å². The fourth-order valence-electron chi connectivity index (χ4n) is 3.48. The second-order valence-electron chi connectivity index (χ2n) is 8.70. The smallest absolute Gasteiger partial charge is 0.262 e. The van der Waals surface area contributed by atoms with Crippen LogP contribution in [0.25, 0.3) is 10.6 Å². The van der Waals surface area contributed by atoms with Crippen LogP contribution in [-0.2, 0) is 10.0 Å². The van der Waals surface area contributed by atoms with Gasteiger partial charge < -0.3 is 15.4 Å².